The number of hydrogen-bond donors (Lipinski definition) is 2. The molecule has 0 radical (unpaired) electrons. The van der Waals surface area contributed by atoms with E-state index < -0.39 is 0 Å². The zero-order valence-corrected chi connectivity index (χ0v) is 16.3. The zero-order valence-electron chi connectivity index (χ0n) is 16.3. The number of hydrogen-bond acceptors (Lipinski definition) is 3. The molecule has 2 atom stereocenters. The largest absolute Gasteiger partial charge is 0.443 e. The van der Waals surface area contributed by atoms with Gasteiger partial charge in [0.05, 0.1) is 6.20 Å². The number of oxazole rings is 1. The van der Waals surface area contributed by atoms with E-state index in [1.165, 1.54) is 38.5 Å². The topological polar surface area (TPSA) is 62.5 Å². The molecule has 0 aromatic carbocycles. The van der Waals surface area contributed by atoms with E-state index >= 15 is 0 Å². The summed E-state index contributed by atoms with van der Waals surface area (Å²) in [6.45, 7) is 9.84. The summed E-state index contributed by atoms with van der Waals surface area (Å²) in [5, 5.41) is 6.97. The molecule has 25 heavy (non-hydrogen) atoms. The number of rotatable bonds is 5. The summed E-state index contributed by atoms with van der Waals surface area (Å²) in [5.74, 6) is 4.26. The Morgan fingerprint density at radius 1 is 1.28 bits per heavy atom. The summed E-state index contributed by atoms with van der Waals surface area (Å²) in [6.07, 6.45) is 10.2. The highest BCUT2D eigenvalue weighted by molar-refractivity contribution is 5.80. The van der Waals surface area contributed by atoms with Crippen LogP contribution in [0.3, 0.4) is 0 Å². The summed E-state index contributed by atoms with van der Waals surface area (Å²) < 4.78 is 5.84. The van der Waals surface area contributed by atoms with Crippen LogP contribution in [-0.2, 0) is 12.0 Å². The molecule has 0 spiro atoms. The molecule has 2 aliphatic carbocycles. The van der Waals surface area contributed by atoms with E-state index in [0.29, 0.717) is 18.5 Å². The van der Waals surface area contributed by atoms with Gasteiger partial charge in [0, 0.05) is 18.0 Å². The smallest absolute Gasteiger partial charge is 0.216 e. The number of nitrogens with one attached hydrogen (secondary N) is 2. The number of guanidine groups is 1. The Labute approximate surface area is 152 Å². The lowest BCUT2D eigenvalue weighted by Gasteiger charge is -2.22. The van der Waals surface area contributed by atoms with Gasteiger partial charge in [0.2, 0.25) is 5.89 Å². The molecule has 0 amide bonds. The fourth-order valence-corrected chi connectivity index (χ4v) is 3.84. The molecule has 5 heteroatoms. The normalized spacial score (nSPS) is 25.0. The summed E-state index contributed by atoms with van der Waals surface area (Å²) in [6, 6.07) is 0.593. The predicted octanol–water partition coefficient (Wildman–Crippen LogP) is 4.00. The number of aliphatic imine (C=N–C) groups is 1. The molecule has 0 saturated heterocycles. The van der Waals surface area contributed by atoms with Crippen molar-refractivity contribution in [3.05, 3.63) is 17.8 Å². The second kappa shape index (κ2) is 7.79. The van der Waals surface area contributed by atoms with Crippen molar-refractivity contribution in [1.82, 2.24) is 15.6 Å². The van der Waals surface area contributed by atoms with Crippen LogP contribution in [0.5, 0.6) is 0 Å². The Morgan fingerprint density at radius 2 is 2.04 bits per heavy atom. The quantitative estimate of drug-likeness (QED) is 0.625. The van der Waals surface area contributed by atoms with Crippen molar-refractivity contribution >= 4 is 5.96 Å². The highest BCUT2D eigenvalue weighted by Crippen LogP contribution is 2.44. The predicted molar refractivity (Wildman–Crippen MR) is 102 cm³/mol. The molecule has 2 N–H and O–H groups in total. The van der Waals surface area contributed by atoms with Gasteiger partial charge in [-0.1, -0.05) is 52.9 Å². The molecule has 2 saturated carbocycles. The molecule has 2 aliphatic rings. The molecule has 3 rings (SSSR count). The third kappa shape index (κ3) is 4.99. The molecule has 5 nitrogen and oxygen atoms in total. The maximum atomic E-state index is 5.84. The highest BCUT2D eigenvalue weighted by Gasteiger charge is 2.43. The molecule has 1 heterocycles. The fourth-order valence-electron chi connectivity index (χ4n) is 3.84. The molecular formula is C20H34N4O. The molecule has 0 bridgehead atoms. The van der Waals surface area contributed by atoms with E-state index in [-0.39, 0.29) is 5.41 Å². The molecule has 2 fully saturated rings. The van der Waals surface area contributed by atoms with E-state index in [0.717, 1.165) is 30.1 Å². The summed E-state index contributed by atoms with van der Waals surface area (Å²) in [4.78, 5) is 9.05. The van der Waals surface area contributed by atoms with Crippen LogP contribution in [0.4, 0.5) is 0 Å². The minimum atomic E-state index is -0.0149. The Kier molecular flexibility index (Phi) is 5.70. The minimum absolute atomic E-state index is 0.0149. The van der Waals surface area contributed by atoms with Crippen molar-refractivity contribution in [2.75, 3.05) is 6.54 Å². The molecule has 2 unspecified atom stereocenters. The first-order valence-corrected chi connectivity index (χ1v) is 9.97. The lowest BCUT2D eigenvalue weighted by molar-refractivity contribution is 0.315. The summed E-state index contributed by atoms with van der Waals surface area (Å²) in [7, 11) is 0. The van der Waals surface area contributed by atoms with E-state index in [2.05, 4.69) is 48.3 Å². The SMILES string of the molecule is CCNC(=NCc1ncc(C(C)(C)C)o1)NC1CC1C1CCCCC1. The van der Waals surface area contributed by atoms with Gasteiger partial charge in [-0.25, -0.2) is 9.98 Å². The minimum Gasteiger partial charge on any atom is -0.443 e. The van der Waals surface area contributed by atoms with Crippen LogP contribution >= 0.6 is 0 Å². The monoisotopic (exact) mass is 346 g/mol. The van der Waals surface area contributed by atoms with E-state index in [1.54, 1.807) is 0 Å². The van der Waals surface area contributed by atoms with Crippen molar-refractivity contribution in [1.29, 1.82) is 0 Å². The van der Waals surface area contributed by atoms with Crippen LogP contribution in [0, 0.1) is 11.8 Å². The lowest BCUT2D eigenvalue weighted by Crippen LogP contribution is -2.39. The average molecular weight is 347 g/mol. The van der Waals surface area contributed by atoms with Gasteiger partial charge in [0.1, 0.15) is 12.3 Å². The van der Waals surface area contributed by atoms with Gasteiger partial charge in [-0.15, -0.1) is 0 Å². The average Bonchev–Trinajstić information content (AvgIpc) is 3.16. The highest BCUT2D eigenvalue weighted by atomic mass is 16.4. The van der Waals surface area contributed by atoms with Crippen LogP contribution in [0.15, 0.2) is 15.6 Å². The Balaban J connectivity index is 1.54. The molecule has 0 aliphatic heterocycles. The standard InChI is InChI=1S/C20H34N4O/c1-5-21-19(23-13-18-22-12-17(25-18)20(2,3)4)24-16-11-15(16)14-9-7-6-8-10-14/h12,14-16H,5-11,13H2,1-4H3,(H2,21,23,24). The van der Waals surface area contributed by atoms with Crippen LogP contribution < -0.4 is 10.6 Å². The van der Waals surface area contributed by atoms with Crippen molar-refractivity contribution < 1.29 is 4.42 Å². The van der Waals surface area contributed by atoms with Gasteiger partial charge in [0.15, 0.2) is 5.96 Å². The fraction of sp³-hybridized carbons (Fsp3) is 0.800. The first kappa shape index (κ1) is 18.3. The first-order valence-electron chi connectivity index (χ1n) is 9.97. The van der Waals surface area contributed by atoms with E-state index in [4.69, 9.17) is 4.42 Å². The van der Waals surface area contributed by atoms with Crippen LogP contribution in [0.1, 0.15) is 77.9 Å². The van der Waals surface area contributed by atoms with Gasteiger partial charge in [-0.3, -0.25) is 0 Å². The van der Waals surface area contributed by atoms with Crippen LogP contribution in [-0.4, -0.2) is 23.5 Å². The first-order chi connectivity index (χ1) is 12.0. The second-order valence-corrected chi connectivity index (χ2v) is 8.61. The number of nitrogens with zero attached hydrogens (tertiary/aromatic N) is 2. The van der Waals surface area contributed by atoms with Gasteiger partial charge < -0.3 is 15.1 Å². The van der Waals surface area contributed by atoms with Crippen molar-refractivity contribution in [3.63, 3.8) is 0 Å². The van der Waals surface area contributed by atoms with Crippen molar-refractivity contribution in [3.8, 4) is 0 Å². The Hall–Kier alpha value is -1.52. The Bertz CT molecular complexity index is 581. The molecule has 1 aromatic rings. The van der Waals surface area contributed by atoms with Gasteiger partial charge >= 0.3 is 0 Å². The molecule has 1 aromatic heterocycles. The summed E-state index contributed by atoms with van der Waals surface area (Å²) >= 11 is 0. The van der Waals surface area contributed by atoms with Crippen LogP contribution in [0.2, 0.25) is 0 Å². The van der Waals surface area contributed by atoms with E-state index in [9.17, 15) is 0 Å². The third-order valence-corrected chi connectivity index (χ3v) is 5.43. The second-order valence-electron chi connectivity index (χ2n) is 8.61. The molecular weight excluding hydrogens is 312 g/mol. The van der Waals surface area contributed by atoms with Crippen LogP contribution in [0.25, 0.3) is 0 Å². The van der Waals surface area contributed by atoms with Crippen molar-refractivity contribution in [2.45, 2.75) is 84.2 Å². The summed E-state index contributed by atoms with van der Waals surface area (Å²) in [5.41, 5.74) is -0.0149. The molecule has 140 valence electrons. The lowest BCUT2D eigenvalue weighted by atomic mass is 9.85. The zero-order chi connectivity index (χ0) is 17.9. The van der Waals surface area contributed by atoms with Gasteiger partial charge in [0.25, 0.3) is 0 Å². The van der Waals surface area contributed by atoms with Crippen molar-refractivity contribution in [2.24, 2.45) is 16.8 Å². The van der Waals surface area contributed by atoms with Gasteiger partial charge in [-0.05, 0) is 25.2 Å². The Morgan fingerprint density at radius 3 is 2.68 bits per heavy atom. The van der Waals surface area contributed by atoms with Gasteiger partial charge in [-0.2, -0.15) is 0 Å². The third-order valence-electron chi connectivity index (χ3n) is 5.43. The maximum Gasteiger partial charge on any atom is 0.216 e. The van der Waals surface area contributed by atoms with E-state index in [1.807, 2.05) is 6.20 Å². The number of aromatic nitrogens is 1. The maximum absolute atomic E-state index is 5.84.